The van der Waals surface area contributed by atoms with E-state index in [2.05, 4.69) is 10.1 Å². The number of amides is 1. The van der Waals surface area contributed by atoms with Crippen LogP contribution in [0.25, 0.3) is 11.1 Å². The molecule has 0 spiro atoms. The van der Waals surface area contributed by atoms with Gasteiger partial charge in [-0.3, -0.25) is 9.48 Å². The third-order valence-electron chi connectivity index (χ3n) is 6.36. The number of ether oxygens (including phenoxy) is 4. The summed E-state index contributed by atoms with van der Waals surface area (Å²) in [5, 5.41) is 4.46. The molecule has 2 aliphatic heterocycles. The molecule has 1 amide bonds. The van der Waals surface area contributed by atoms with Gasteiger partial charge in [0.15, 0.2) is 23.4 Å². The van der Waals surface area contributed by atoms with Crippen LogP contribution in [0.2, 0.25) is 0 Å². The van der Waals surface area contributed by atoms with Crippen LogP contribution in [0, 0.1) is 0 Å². The number of anilines is 1. The number of para-hydroxylation sites is 2. The molecule has 4 aromatic rings. The van der Waals surface area contributed by atoms with Crippen LogP contribution in [0.4, 0.5) is 5.69 Å². The predicted octanol–water partition coefficient (Wildman–Crippen LogP) is 3.96. The number of methoxy groups -OCH3 is 2. The van der Waals surface area contributed by atoms with Gasteiger partial charge in [0, 0.05) is 23.5 Å². The summed E-state index contributed by atoms with van der Waals surface area (Å²) in [7, 11) is 3.13. The van der Waals surface area contributed by atoms with Crippen molar-refractivity contribution in [3.05, 3.63) is 78.2 Å². The molecule has 0 radical (unpaired) electrons. The van der Waals surface area contributed by atoms with Gasteiger partial charge >= 0.3 is 0 Å². The zero-order chi connectivity index (χ0) is 24.6. The van der Waals surface area contributed by atoms with Crippen LogP contribution in [0.1, 0.15) is 15.9 Å². The van der Waals surface area contributed by atoms with Crippen molar-refractivity contribution in [3.8, 4) is 34.3 Å². The maximum atomic E-state index is 13.2. The Kier molecular flexibility index (Phi) is 5.44. The molecule has 0 fully saturated rings. The van der Waals surface area contributed by atoms with Crippen LogP contribution in [-0.4, -0.2) is 47.6 Å². The Morgan fingerprint density at radius 3 is 2.72 bits per heavy atom. The summed E-state index contributed by atoms with van der Waals surface area (Å²) in [6.07, 6.45) is 5.14. The molecule has 1 unspecified atom stereocenters. The SMILES string of the molecule is COc1cc(-c2ccc3c(c2)CN(c2cnn(CC4COc5ccccc5O4)c2)C3=O)cnc1OC. The first-order chi connectivity index (χ1) is 17.6. The molecule has 36 heavy (non-hydrogen) atoms. The molecule has 9 heteroatoms. The van der Waals surface area contributed by atoms with Crippen molar-refractivity contribution in [1.82, 2.24) is 14.8 Å². The second-order valence-corrected chi connectivity index (χ2v) is 8.62. The van der Waals surface area contributed by atoms with Gasteiger partial charge in [-0.25, -0.2) is 4.98 Å². The number of hydrogen-bond acceptors (Lipinski definition) is 7. The average Bonchev–Trinajstić information content (AvgIpc) is 3.51. The summed E-state index contributed by atoms with van der Waals surface area (Å²) in [6, 6.07) is 15.3. The lowest BCUT2D eigenvalue weighted by atomic mass is 10.0. The minimum atomic E-state index is -0.170. The smallest absolute Gasteiger partial charge is 0.259 e. The van der Waals surface area contributed by atoms with Gasteiger partial charge in [0.05, 0.1) is 39.2 Å². The summed E-state index contributed by atoms with van der Waals surface area (Å²) >= 11 is 0. The van der Waals surface area contributed by atoms with Gasteiger partial charge < -0.3 is 23.8 Å². The van der Waals surface area contributed by atoms with Gasteiger partial charge in [-0.1, -0.05) is 18.2 Å². The van der Waals surface area contributed by atoms with Crippen molar-refractivity contribution in [3.63, 3.8) is 0 Å². The molecule has 0 aliphatic carbocycles. The summed E-state index contributed by atoms with van der Waals surface area (Å²) in [6.45, 7) is 1.42. The van der Waals surface area contributed by atoms with E-state index in [1.54, 1.807) is 36.2 Å². The topological polar surface area (TPSA) is 87.9 Å². The second-order valence-electron chi connectivity index (χ2n) is 8.62. The number of rotatable bonds is 6. The van der Waals surface area contributed by atoms with E-state index >= 15 is 0 Å². The molecule has 2 aliphatic rings. The molecule has 0 N–H and O–H groups in total. The Morgan fingerprint density at radius 1 is 1.03 bits per heavy atom. The zero-order valence-electron chi connectivity index (χ0n) is 19.9. The predicted molar refractivity (Wildman–Crippen MR) is 132 cm³/mol. The van der Waals surface area contributed by atoms with Crippen molar-refractivity contribution in [2.24, 2.45) is 0 Å². The van der Waals surface area contributed by atoms with Gasteiger partial charge in [-0.15, -0.1) is 0 Å². The lowest BCUT2D eigenvalue weighted by Gasteiger charge is -2.26. The largest absolute Gasteiger partial charge is 0.491 e. The standard InChI is InChI=1S/C27H24N4O5/c1-33-25-10-18(11-28-26(25)34-2)17-7-8-22-19(9-17)13-31(27(22)32)20-12-29-30(14-20)15-21-16-35-23-5-3-4-6-24(23)36-21/h3-12,14,21H,13,15-16H2,1-2H3. The van der Waals surface area contributed by atoms with Gasteiger partial charge in [0.25, 0.3) is 11.8 Å². The highest BCUT2D eigenvalue weighted by Crippen LogP contribution is 2.35. The first-order valence-corrected chi connectivity index (χ1v) is 11.6. The average molecular weight is 485 g/mol. The van der Waals surface area contributed by atoms with E-state index in [0.29, 0.717) is 36.9 Å². The minimum absolute atomic E-state index is 0.0484. The molecule has 0 saturated carbocycles. The number of hydrogen-bond donors (Lipinski definition) is 0. The van der Waals surface area contributed by atoms with Gasteiger partial charge in [0.2, 0.25) is 0 Å². The maximum Gasteiger partial charge on any atom is 0.259 e. The third-order valence-corrected chi connectivity index (χ3v) is 6.36. The number of benzene rings is 2. The molecular formula is C27H24N4O5. The molecule has 0 saturated heterocycles. The van der Waals surface area contributed by atoms with Crippen LogP contribution in [0.15, 0.2) is 67.1 Å². The van der Waals surface area contributed by atoms with Crippen molar-refractivity contribution in [2.45, 2.75) is 19.2 Å². The van der Waals surface area contributed by atoms with Crippen LogP contribution < -0.4 is 23.8 Å². The number of fused-ring (bicyclic) bond motifs is 2. The molecule has 9 nitrogen and oxygen atoms in total. The fourth-order valence-electron chi connectivity index (χ4n) is 4.55. The zero-order valence-corrected chi connectivity index (χ0v) is 19.9. The summed E-state index contributed by atoms with van der Waals surface area (Å²) in [4.78, 5) is 19.2. The van der Waals surface area contributed by atoms with Crippen LogP contribution in [-0.2, 0) is 13.1 Å². The molecule has 2 aromatic carbocycles. The van der Waals surface area contributed by atoms with Crippen LogP contribution in [0.5, 0.6) is 23.1 Å². The quantitative estimate of drug-likeness (QED) is 0.409. The lowest BCUT2D eigenvalue weighted by Crippen LogP contribution is -2.33. The van der Waals surface area contributed by atoms with E-state index in [9.17, 15) is 4.79 Å². The highest BCUT2D eigenvalue weighted by atomic mass is 16.6. The van der Waals surface area contributed by atoms with E-state index < -0.39 is 0 Å². The Labute approximate surface area is 207 Å². The number of carbonyl (C=O) groups is 1. The van der Waals surface area contributed by atoms with Gasteiger partial charge in [0.1, 0.15) is 6.61 Å². The van der Waals surface area contributed by atoms with Crippen molar-refractivity contribution in [2.75, 3.05) is 25.7 Å². The molecule has 1 atom stereocenters. The Morgan fingerprint density at radius 2 is 1.89 bits per heavy atom. The first-order valence-electron chi connectivity index (χ1n) is 11.6. The van der Waals surface area contributed by atoms with Crippen molar-refractivity contribution < 1.29 is 23.7 Å². The lowest BCUT2D eigenvalue weighted by molar-refractivity contribution is 0.0759. The monoisotopic (exact) mass is 484 g/mol. The molecular weight excluding hydrogens is 460 g/mol. The van der Waals surface area contributed by atoms with E-state index in [4.69, 9.17) is 18.9 Å². The van der Waals surface area contributed by atoms with Gasteiger partial charge in [-0.2, -0.15) is 5.10 Å². The fraction of sp³-hybridized carbons (Fsp3) is 0.222. The molecule has 4 heterocycles. The van der Waals surface area contributed by atoms with Gasteiger partial charge in [-0.05, 0) is 41.5 Å². The number of pyridine rings is 1. The Hall–Kier alpha value is -4.53. The Bertz CT molecular complexity index is 1450. The normalized spacial score (nSPS) is 16.1. The molecule has 0 bridgehead atoms. The van der Waals surface area contributed by atoms with E-state index in [0.717, 1.165) is 33.9 Å². The number of carbonyl (C=O) groups excluding carboxylic acids is 1. The minimum Gasteiger partial charge on any atom is -0.491 e. The first kappa shape index (κ1) is 22.0. The fourth-order valence-corrected chi connectivity index (χ4v) is 4.55. The maximum absolute atomic E-state index is 13.2. The van der Waals surface area contributed by atoms with E-state index in [1.165, 1.54) is 0 Å². The molecule has 182 valence electrons. The second kappa shape index (κ2) is 8.92. The van der Waals surface area contributed by atoms with Crippen molar-refractivity contribution in [1.29, 1.82) is 0 Å². The summed E-state index contributed by atoms with van der Waals surface area (Å²) < 4.78 is 24.2. The van der Waals surface area contributed by atoms with Crippen molar-refractivity contribution >= 4 is 11.6 Å². The van der Waals surface area contributed by atoms with E-state index in [-0.39, 0.29) is 12.0 Å². The van der Waals surface area contributed by atoms with Crippen LogP contribution in [0.3, 0.4) is 0 Å². The third kappa shape index (κ3) is 3.88. The highest BCUT2D eigenvalue weighted by Gasteiger charge is 2.30. The summed E-state index contributed by atoms with van der Waals surface area (Å²) in [5.41, 5.74) is 4.19. The number of nitrogens with zero attached hydrogens (tertiary/aromatic N) is 4. The highest BCUT2D eigenvalue weighted by molar-refractivity contribution is 6.10. The molecule has 2 aromatic heterocycles. The van der Waals surface area contributed by atoms with E-state index in [1.807, 2.05) is 54.7 Å². The summed E-state index contributed by atoms with van der Waals surface area (Å²) in [5.74, 6) is 2.41. The molecule has 6 rings (SSSR count). The number of aromatic nitrogens is 3. The van der Waals surface area contributed by atoms with Crippen LogP contribution >= 0.6 is 0 Å². The Balaban J connectivity index is 1.18.